The first-order valence-corrected chi connectivity index (χ1v) is 6.65. The molecule has 0 aliphatic carbocycles. The van der Waals surface area contributed by atoms with E-state index in [-0.39, 0.29) is 11.2 Å². The molecular weight excluding hydrogens is 234 g/mol. The summed E-state index contributed by atoms with van der Waals surface area (Å²) in [4.78, 5) is 12.6. The van der Waals surface area contributed by atoms with Gasteiger partial charge in [0.25, 0.3) is 0 Å². The number of aryl methyl sites for hydroxylation is 1. The van der Waals surface area contributed by atoms with E-state index >= 15 is 0 Å². The minimum Gasteiger partial charge on any atom is -0.465 e. The Balaban J connectivity index is 2.77. The van der Waals surface area contributed by atoms with Gasteiger partial charge < -0.3 is 10.5 Å². The normalized spacial score (nSPS) is 12.2. The van der Waals surface area contributed by atoms with Crippen molar-refractivity contribution in [1.82, 2.24) is 0 Å². The van der Waals surface area contributed by atoms with Gasteiger partial charge in [-0.1, -0.05) is 13.0 Å². The second-order valence-electron chi connectivity index (χ2n) is 3.81. The number of nitrogens with two attached hydrogens (primary N) is 1. The highest BCUT2D eigenvalue weighted by Gasteiger charge is 2.19. The summed E-state index contributed by atoms with van der Waals surface area (Å²) in [5.74, 6) is -0.167. The predicted octanol–water partition coefficient (Wildman–Crippen LogP) is 3.01. The zero-order chi connectivity index (χ0) is 12.8. The third-order valence-electron chi connectivity index (χ3n) is 2.35. The van der Waals surface area contributed by atoms with Crippen LogP contribution in [-0.2, 0) is 9.53 Å². The van der Waals surface area contributed by atoms with Gasteiger partial charge in [0.1, 0.15) is 5.25 Å². The number of hydrogen-bond donors (Lipinski definition) is 1. The minimum absolute atomic E-state index is 0.167. The molecule has 1 atom stereocenters. The fraction of sp³-hybridized carbons (Fsp3) is 0.462. The molecule has 0 heterocycles. The topological polar surface area (TPSA) is 52.3 Å². The number of rotatable bonds is 5. The van der Waals surface area contributed by atoms with Crippen molar-refractivity contribution in [1.29, 1.82) is 0 Å². The molecular formula is C13H19NO2S. The molecule has 0 saturated carbocycles. The Morgan fingerprint density at radius 1 is 1.47 bits per heavy atom. The molecule has 94 valence electrons. The van der Waals surface area contributed by atoms with E-state index in [0.717, 1.165) is 22.6 Å². The van der Waals surface area contributed by atoms with Gasteiger partial charge in [0.2, 0.25) is 0 Å². The highest BCUT2D eigenvalue weighted by Crippen LogP contribution is 2.31. The molecule has 2 N–H and O–H groups in total. The zero-order valence-corrected chi connectivity index (χ0v) is 11.3. The van der Waals surface area contributed by atoms with Crippen molar-refractivity contribution in [3.05, 3.63) is 23.8 Å². The van der Waals surface area contributed by atoms with Crippen LogP contribution in [0.3, 0.4) is 0 Å². The molecule has 1 unspecified atom stereocenters. The second-order valence-corrected chi connectivity index (χ2v) is 5.05. The van der Waals surface area contributed by atoms with Crippen molar-refractivity contribution in [2.75, 3.05) is 12.3 Å². The molecule has 4 heteroatoms. The van der Waals surface area contributed by atoms with Crippen LogP contribution in [-0.4, -0.2) is 17.8 Å². The van der Waals surface area contributed by atoms with E-state index in [0.29, 0.717) is 6.61 Å². The summed E-state index contributed by atoms with van der Waals surface area (Å²) in [6.45, 7) is 6.20. The summed E-state index contributed by atoms with van der Waals surface area (Å²) in [5, 5.41) is -0.181. The van der Waals surface area contributed by atoms with Gasteiger partial charge in [-0.15, -0.1) is 11.8 Å². The third kappa shape index (κ3) is 3.97. The summed E-state index contributed by atoms with van der Waals surface area (Å²) in [6.07, 6.45) is 0.733. The Morgan fingerprint density at radius 2 is 2.18 bits per heavy atom. The van der Waals surface area contributed by atoms with E-state index in [4.69, 9.17) is 10.5 Å². The standard InChI is InChI=1S/C13H19NO2S/c1-4-11(13(15)16-5-2)17-12-7-6-9(3)8-10(12)14/h6-8,11H,4-5,14H2,1-3H3. The fourth-order valence-electron chi connectivity index (χ4n) is 1.46. The SMILES string of the molecule is CCOC(=O)C(CC)Sc1ccc(C)cc1N. The lowest BCUT2D eigenvalue weighted by Gasteiger charge is -2.14. The van der Waals surface area contributed by atoms with Crippen molar-refractivity contribution in [3.8, 4) is 0 Å². The van der Waals surface area contributed by atoms with Gasteiger partial charge in [-0.05, 0) is 38.0 Å². The maximum Gasteiger partial charge on any atom is 0.319 e. The van der Waals surface area contributed by atoms with Gasteiger partial charge >= 0.3 is 5.97 Å². The molecule has 17 heavy (non-hydrogen) atoms. The van der Waals surface area contributed by atoms with E-state index in [1.54, 1.807) is 0 Å². The molecule has 0 aromatic heterocycles. The quantitative estimate of drug-likeness (QED) is 0.498. The van der Waals surface area contributed by atoms with Crippen LogP contribution in [0.4, 0.5) is 5.69 Å². The number of ether oxygens (including phenoxy) is 1. The molecule has 0 amide bonds. The lowest BCUT2D eigenvalue weighted by atomic mass is 10.2. The summed E-state index contributed by atoms with van der Waals surface area (Å²) in [6, 6.07) is 5.87. The molecule has 0 saturated heterocycles. The average Bonchev–Trinajstić information content (AvgIpc) is 2.28. The van der Waals surface area contributed by atoms with Crippen molar-refractivity contribution in [2.45, 2.75) is 37.3 Å². The Kier molecular flexibility index (Phi) is 5.35. The van der Waals surface area contributed by atoms with Crippen LogP contribution in [0.15, 0.2) is 23.1 Å². The maximum absolute atomic E-state index is 11.7. The summed E-state index contributed by atoms with van der Waals surface area (Å²) in [7, 11) is 0. The number of thioether (sulfide) groups is 1. The lowest BCUT2D eigenvalue weighted by molar-refractivity contribution is -0.142. The lowest BCUT2D eigenvalue weighted by Crippen LogP contribution is -2.19. The van der Waals surface area contributed by atoms with E-state index in [2.05, 4.69) is 0 Å². The molecule has 0 radical (unpaired) electrons. The number of esters is 1. The Bertz CT molecular complexity index is 393. The second kappa shape index (κ2) is 6.55. The van der Waals surface area contributed by atoms with E-state index < -0.39 is 0 Å². The molecule has 0 spiro atoms. The smallest absolute Gasteiger partial charge is 0.319 e. The maximum atomic E-state index is 11.7. The van der Waals surface area contributed by atoms with Crippen molar-refractivity contribution in [3.63, 3.8) is 0 Å². The summed E-state index contributed by atoms with van der Waals surface area (Å²) in [5.41, 5.74) is 7.77. The largest absolute Gasteiger partial charge is 0.465 e. The third-order valence-corrected chi connectivity index (χ3v) is 3.79. The highest BCUT2D eigenvalue weighted by molar-refractivity contribution is 8.00. The predicted molar refractivity (Wildman–Crippen MR) is 72.2 cm³/mol. The van der Waals surface area contributed by atoms with Crippen LogP contribution >= 0.6 is 11.8 Å². The first-order valence-electron chi connectivity index (χ1n) is 5.77. The molecule has 1 aromatic carbocycles. The molecule has 0 aliphatic heterocycles. The fourth-order valence-corrected chi connectivity index (χ4v) is 2.44. The first kappa shape index (κ1) is 13.9. The molecule has 0 bridgehead atoms. The van der Waals surface area contributed by atoms with Crippen LogP contribution < -0.4 is 5.73 Å². The average molecular weight is 253 g/mol. The Morgan fingerprint density at radius 3 is 2.71 bits per heavy atom. The van der Waals surface area contributed by atoms with Gasteiger partial charge in [-0.3, -0.25) is 4.79 Å². The van der Waals surface area contributed by atoms with Gasteiger partial charge in [0.05, 0.1) is 6.61 Å². The Hall–Kier alpha value is -1.16. The van der Waals surface area contributed by atoms with Crippen molar-refractivity contribution < 1.29 is 9.53 Å². The molecule has 0 fully saturated rings. The van der Waals surface area contributed by atoms with Crippen LogP contribution in [0.2, 0.25) is 0 Å². The molecule has 1 rings (SSSR count). The summed E-state index contributed by atoms with van der Waals surface area (Å²) >= 11 is 1.47. The summed E-state index contributed by atoms with van der Waals surface area (Å²) < 4.78 is 5.03. The zero-order valence-electron chi connectivity index (χ0n) is 10.5. The van der Waals surface area contributed by atoms with Gasteiger partial charge in [-0.2, -0.15) is 0 Å². The van der Waals surface area contributed by atoms with Crippen LogP contribution in [0.5, 0.6) is 0 Å². The van der Waals surface area contributed by atoms with Crippen LogP contribution in [0.25, 0.3) is 0 Å². The van der Waals surface area contributed by atoms with E-state index in [1.807, 2.05) is 39.0 Å². The number of benzene rings is 1. The Labute approximate surface area is 107 Å². The monoisotopic (exact) mass is 253 g/mol. The highest BCUT2D eigenvalue weighted by atomic mass is 32.2. The van der Waals surface area contributed by atoms with Gasteiger partial charge in [0.15, 0.2) is 0 Å². The first-order chi connectivity index (χ1) is 8.08. The van der Waals surface area contributed by atoms with Crippen molar-refractivity contribution in [2.24, 2.45) is 0 Å². The van der Waals surface area contributed by atoms with E-state index in [1.165, 1.54) is 11.8 Å². The molecule has 1 aromatic rings. The number of carbonyl (C=O) groups excluding carboxylic acids is 1. The van der Waals surface area contributed by atoms with Gasteiger partial charge in [0, 0.05) is 10.6 Å². The molecule has 0 aliphatic rings. The minimum atomic E-state index is -0.181. The molecule has 3 nitrogen and oxygen atoms in total. The van der Waals surface area contributed by atoms with E-state index in [9.17, 15) is 4.79 Å². The number of anilines is 1. The number of carbonyl (C=O) groups is 1. The van der Waals surface area contributed by atoms with Gasteiger partial charge in [-0.25, -0.2) is 0 Å². The number of nitrogen functional groups attached to an aromatic ring is 1. The van der Waals surface area contributed by atoms with Crippen molar-refractivity contribution >= 4 is 23.4 Å². The van der Waals surface area contributed by atoms with Crippen LogP contribution in [0.1, 0.15) is 25.8 Å². The number of hydrogen-bond acceptors (Lipinski definition) is 4. The van der Waals surface area contributed by atoms with Crippen LogP contribution in [0, 0.1) is 6.92 Å².